The maximum atomic E-state index is 10.5. The van der Waals surface area contributed by atoms with E-state index in [2.05, 4.69) is 42.4 Å². The number of aliphatic carboxylic acids is 1. The lowest BCUT2D eigenvalue weighted by Gasteiger charge is -2.17. The van der Waals surface area contributed by atoms with Gasteiger partial charge < -0.3 is 24.1 Å². The topological polar surface area (TPSA) is 143 Å². The van der Waals surface area contributed by atoms with Crippen LogP contribution in [0.15, 0.2) is 62.8 Å². The second-order valence-electron chi connectivity index (χ2n) is 7.96. The zero-order valence-corrected chi connectivity index (χ0v) is 24.2. The van der Waals surface area contributed by atoms with Crippen molar-refractivity contribution in [3.63, 3.8) is 0 Å². The highest BCUT2D eigenvalue weighted by Gasteiger charge is 2.12. The van der Waals surface area contributed by atoms with Crippen molar-refractivity contribution < 1.29 is 48.0 Å². The van der Waals surface area contributed by atoms with Gasteiger partial charge in [-0.15, -0.1) is 0 Å². The Hall–Kier alpha value is -3.95. The summed E-state index contributed by atoms with van der Waals surface area (Å²) in [5, 5.41) is 7.60. The van der Waals surface area contributed by atoms with Gasteiger partial charge in [-0.25, -0.2) is 24.0 Å². The Bertz CT molecular complexity index is 756. The first-order valence-electron chi connectivity index (χ1n) is 11.5. The van der Waals surface area contributed by atoms with Gasteiger partial charge in [0.15, 0.2) is 0 Å². The van der Waals surface area contributed by atoms with Crippen LogP contribution in [0.1, 0.15) is 55.4 Å². The fraction of sp³-hybridized carbons (Fsp3) is 0.464. The molecule has 218 valence electrons. The van der Waals surface area contributed by atoms with Crippen LogP contribution in [0, 0.1) is 5.92 Å². The molecule has 0 heterocycles. The monoisotopic (exact) mass is 542 g/mol. The maximum Gasteiger partial charge on any atom is 0.333 e. The number of rotatable bonds is 9. The first-order valence-corrected chi connectivity index (χ1v) is 11.5. The molecule has 0 unspecified atom stereocenters. The lowest BCUT2D eigenvalue weighted by molar-refractivity contribution is -0.148. The fourth-order valence-electron chi connectivity index (χ4n) is 1.11. The summed E-state index contributed by atoms with van der Waals surface area (Å²) in [6.45, 7) is 32.0. The summed E-state index contributed by atoms with van der Waals surface area (Å²) < 4.78 is 18.5. The second kappa shape index (κ2) is 29.3. The Morgan fingerprint density at radius 3 is 1.29 bits per heavy atom. The van der Waals surface area contributed by atoms with Crippen LogP contribution in [-0.2, 0) is 42.9 Å². The summed E-state index contributed by atoms with van der Waals surface area (Å²) in [4.78, 5) is 50.6. The van der Waals surface area contributed by atoms with Crippen LogP contribution in [0.2, 0.25) is 0 Å². The van der Waals surface area contributed by atoms with Gasteiger partial charge in [0, 0.05) is 29.9 Å². The van der Waals surface area contributed by atoms with Crippen molar-refractivity contribution in [1.29, 1.82) is 0 Å². The first kappa shape index (κ1) is 44.1. The van der Waals surface area contributed by atoms with E-state index in [-0.39, 0.29) is 23.9 Å². The SMILES string of the molecule is C=C(C)C(=O)OCC.C=CC(=O)O.C=CC(=O)OC(C)(C)C.C=CC(=O)OCC.C=CC(=O)OCC(C)C. The number of carbonyl (C=O) groups excluding carboxylic acids is 4. The van der Waals surface area contributed by atoms with E-state index in [4.69, 9.17) is 14.6 Å². The van der Waals surface area contributed by atoms with Crippen molar-refractivity contribution in [3.8, 4) is 0 Å². The molecule has 0 aromatic carbocycles. The normalized spacial score (nSPS) is 8.66. The van der Waals surface area contributed by atoms with Gasteiger partial charge in [-0.05, 0) is 47.5 Å². The quantitative estimate of drug-likeness (QED) is 0.240. The van der Waals surface area contributed by atoms with Gasteiger partial charge in [0.25, 0.3) is 0 Å². The average Bonchev–Trinajstić information content (AvgIpc) is 2.83. The van der Waals surface area contributed by atoms with Crippen molar-refractivity contribution in [2.75, 3.05) is 19.8 Å². The third-order valence-electron chi connectivity index (χ3n) is 2.55. The standard InChI is InChI=1S/2C7H12O2.C6H10O2.C5H8O2.C3H4O2/c1-5-6(8)9-7(2,3)4;1-4-7(8)9-5-6(2)3;1-4-8-6(7)5(2)3;1-3-5(6)7-4-2;1-2-3(4)5/h5H,1H2,2-4H3;4,6H,1,5H2,2-3H3;2,4H2,1,3H3;3H,1,4H2,2H3;2H,1H2,(H,4,5). The predicted octanol–water partition coefficient (Wildman–Crippen LogP) is 5.00. The Labute approximate surface area is 227 Å². The molecule has 0 rings (SSSR count). The molecule has 0 aromatic rings. The maximum absolute atomic E-state index is 10.5. The van der Waals surface area contributed by atoms with Gasteiger partial charge in [0.2, 0.25) is 0 Å². The number of esters is 4. The molecule has 38 heavy (non-hydrogen) atoms. The van der Waals surface area contributed by atoms with E-state index in [1.807, 2.05) is 34.6 Å². The van der Waals surface area contributed by atoms with E-state index in [1.54, 1.807) is 20.8 Å². The summed E-state index contributed by atoms with van der Waals surface area (Å²) >= 11 is 0. The molecule has 10 heteroatoms. The van der Waals surface area contributed by atoms with Crippen molar-refractivity contribution in [2.45, 2.75) is 61.0 Å². The number of hydrogen-bond donors (Lipinski definition) is 1. The van der Waals surface area contributed by atoms with E-state index < -0.39 is 11.6 Å². The van der Waals surface area contributed by atoms with Gasteiger partial charge >= 0.3 is 29.8 Å². The number of carboxylic acids is 1. The molecule has 10 nitrogen and oxygen atoms in total. The molecule has 0 fully saturated rings. The van der Waals surface area contributed by atoms with Crippen LogP contribution in [-0.4, -0.2) is 60.4 Å². The van der Waals surface area contributed by atoms with Crippen molar-refractivity contribution in [1.82, 2.24) is 0 Å². The van der Waals surface area contributed by atoms with Crippen LogP contribution in [0.4, 0.5) is 0 Å². The predicted molar refractivity (Wildman–Crippen MR) is 148 cm³/mol. The summed E-state index contributed by atoms with van der Waals surface area (Å²) in [5.74, 6) is -1.97. The Morgan fingerprint density at radius 2 is 1.13 bits per heavy atom. The summed E-state index contributed by atoms with van der Waals surface area (Å²) in [7, 11) is 0. The van der Waals surface area contributed by atoms with Gasteiger partial charge in [-0.3, -0.25) is 0 Å². The van der Waals surface area contributed by atoms with Crippen LogP contribution < -0.4 is 0 Å². The molecule has 0 aliphatic heterocycles. The highest BCUT2D eigenvalue weighted by atomic mass is 16.6. The van der Waals surface area contributed by atoms with E-state index in [0.717, 1.165) is 18.2 Å². The molecular weight excluding hydrogens is 496 g/mol. The molecule has 0 atom stereocenters. The number of carboxylic acid groups (broad SMARTS) is 1. The third-order valence-corrected chi connectivity index (χ3v) is 2.55. The van der Waals surface area contributed by atoms with Crippen molar-refractivity contribution in [3.05, 3.63) is 62.8 Å². The van der Waals surface area contributed by atoms with Gasteiger partial charge in [-0.2, -0.15) is 0 Å². The summed E-state index contributed by atoms with van der Waals surface area (Å²) in [5.41, 5.74) is 0.0532. The molecule has 0 aliphatic rings. The summed E-state index contributed by atoms with van der Waals surface area (Å²) in [6.07, 6.45) is 4.30. The molecule has 0 spiro atoms. The largest absolute Gasteiger partial charge is 0.478 e. The fourth-order valence-corrected chi connectivity index (χ4v) is 1.11. The molecule has 1 N–H and O–H groups in total. The van der Waals surface area contributed by atoms with Gasteiger partial charge in [0.1, 0.15) is 5.60 Å². The minimum absolute atomic E-state index is 0.312. The minimum atomic E-state index is -0.981. The molecule has 0 amide bonds. The molecule has 0 aliphatic carbocycles. The van der Waals surface area contributed by atoms with Crippen LogP contribution in [0.5, 0.6) is 0 Å². The van der Waals surface area contributed by atoms with E-state index in [0.29, 0.717) is 31.3 Å². The molecule has 0 saturated carbocycles. The zero-order chi connectivity index (χ0) is 31.3. The number of carbonyl (C=O) groups is 5. The van der Waals surface area contributed by atoms with E-state index >= 15 is 0 Å². The van der Waals surface area contributed by atoms with Crippen LogP contribution >= 0.6 is 0 Å². The third kappa shape index (κ3) is 53.4. The summed E-state index contributed by atoms with van der Waals surface area (Å²) in [6, 6.07) is 0. The van der Waals surface area contributed by atoms with Crippen LogP contribution in [0.25, 0.3) is 0 Å². The Morgan fingerprint density at radius 1 is 0.763 bits per heavy atom. The second-order valence-corrected chi connectivity index (χ2v) is 7.96. The highest BCUT2D eigenvalue weighted by molar-refractivity contribution is 5.86. The minimum Gasteiger partial charge on any atom is -0.478 e. The molecule has 0 radical (unpaired) electrons. The molecule has 0 bridgehead atoms. The van der Waals surface area contributed by atoms with E-state index in [1.165, 1.54) is 6.08 Å². The van der Waals surface area contributed by atoms with Crippen LogP contribution in [0.3, 0.4) is 0 Å². The number of ether oxygens (including phenoxy) is 4. The first-order chi connectivity index (χ1) is 17.4. The Kier molecular flexibility index (Phi) is 34.0. The lowest BCUT2D eigenvalue weighted by atomic mass is 10.2. The van der Waals surface area contributed by atoms with Crippen molar-refractivity contribution in [2.24, 2.45) is 5.92 Å². The number of hydrogen-bond acceptors (Lipinski definition) is 9. The molecule has 0 saturated heterocycles. The Balaban J connectivity index is -0.000000121. The van der Waals surface area contributed by atoms with Gasteiger partial charge in [-0.1, -0.05) is 46.7 Å². The smallest absolute Gasteiger partial charge is 0.333 e. The van der Waals surface area contributed by atoms with Gasteiger partial charge in [0.05, 0.1) is 19.8 Å². The zero-order valence-electron chi connectivity index (χ0n) is 24.2. The molecule has 0 aromatic heterocycles. The lowest BCUT2D eigenvalue weighted by Crippen LogP contribution is -2.22. The molecular formula is C28H46O10. The van der Waals surface area contributed by atoms with Crippen molar-refractivity contribution >= 4 is 29.8 Å². The average molecular weight is 543 g/mol. The highest BCUT2D eigenvalue weighted by Crippen LogP contribution is 2.06. The van der Waals surface area contributed by atoms with E-state index in [9.17, 15) is 24.0 Å².